The second kappa shape index (κ2) is 8.50. The highest BCUT2D eigenvalue weighted by atomic mass is 16.5. The zero-order chi connectivity index (χ0) is 23.9. The number of carbonyl (C=O) groups excluding carboxylic acids is 2. The molecule has 3 atom stereocenters. The molecule has 3 aromatic rings. The molecule has 1 aliphatic carbocycles. The fraction of sp³-hybridized carbons (Fsp3) is 0.269. The lowest BCUT2D eigenvalue weighted by molar-refractivity contribution is -0.116. The van der Waals surface area contributed by atoms with Gasteiger partial charge in [0, 0.05) is 30.3 Å². The van der Waals surface area contributed by atoms with Crippen LogP contribution in [-0.4, -0.2) is 36.2 Å². The van der Waals surface area contributed by atoms with E-state index in [0.29, 0.717) is 36.7 Å². The normalized spacial score (nSPS) is 20.9. The number of rotatable bonds is 6. The number of benzene rings is 2. The van der Waals surface area contributed by atoms with Gasteiger partial charge >= 0.3 is 6.03 Å². The lowest BCUT2D eigenvalue weighted by atomic mass is 10.1. The van der Waals surface area contributed by atoms with Crippen molar-refractivity contribution in [3.05, 3.63) is 71.4 Å². The first-order valence-corrected chi connectivity index (χ1v) is 11.5. The van der Waals surface area contributed by atoms with Crippen LogP contribution in [0.2, 0.25) is 0 Å². The number of amides is 3. The van der Waals surface area contributed by atoms with Crippen LogP contribution in [0.15, 0.2) is 54.7 Å². The summed E-state index contributed by atoms with van der Waals surface area (Å²) in [4.78, 5) is 28.3. The van der Waals surface area contributed by atoms with Gasteiger partial charge in [0.2, 0.25) is 5.91 Å². The van der Waals surface area contributed by atoms with Crippen molar-refractivity contribution in [3.8, 4) is 23.0 Å². The molecule has 1 unspecified atom stereocenters. The molecule has 1 saturated carbocycles. The summed E-state index contributed by atoms with van der Waals surface area (Å²) in [5.74, 6) is 3.54. The first-order chi connectivity index (χ1) is 17.1. The molecule has 2 aliphatic heterocycles. The van der Waals surface area contributed by atoms with Crippen molar-refractivity contribution in [3.63, 3.8) is 0 Å². The van der Waals surface area contributed by atoms with Crippen molar-refractivity contribution in [1.29, 1.82) is 0 Å². The van der Waals surface area contributed by atoms with E-state index < -0.39 is 0 Å². The van der Waals surface area contributed by atoms with Crippen molar-refractivity contribution < 1.29 is 23.8 Å². The molecule has 178 valence electrons. The maximum Gasteiger partial charge on any atom is 0.315 e. The molecule has 0 saturated heterocycles. The highest BCUT2D eigenvalue weighted by Gasteiger charge is 2.59. The summed E-state index contributed by atoms with van der Waals surface area (Å²) in [6.07, 6.45) is 2.54. The standard InChI is InChI=1S/C26H24N4O5/c1-33-15-4-2-14(3-5-15)13-28-26(32)30-23-22-18-12-16(6-8-19(18)35-24(22)23)34-20-10-11-27-25-17(20)7-9-21(31)29-25/h2-6,8,10-12,22-24H,7,9,13H2,1H3,(H,27,29,31)(H2,28,30,32)/t22-,23?,24-/m0/s1. The van der Waals surface area contributed by atoms with E-state index in [-0.39, 0.29) is 30.0 Å². The Morgan fingerprint density at radius 3 is 2.80 bits per heavy atom. The van der Waals surface area contributed by atoms with E-state index in [2.05, 4.69) is 20.9 Å². The second-order valence-corrected chi connectivity index (χ2v) is 8.80. The number of carbonyl (C=O) groups is 2. The van der Waals surface area contributed by atoms with Gasteiger partial charge in [-0.25, -0.2) is 9.78 Å². The zero-order valence-corrected chi connectivity index (χ0v) is 19.0. The Labute approximate surface area is 201 Å². The van der Waals surface area contributed by atoms with Crippen molar-refractivity contribution in [1.82, 2.24) is 15.6 Å². The molecule has 3 heterocycles. The lowest BCUT2D eigenvalue weighted by Crippen LogP contribution is -2.38. The van der Waals surface area contributed by atoms with Gasteiger partial charge in [-0.2, -0.15) is 0 Å². The van der Waals surface area contributed by atoms with Gasteiger partial charge in [0.1, 0.15) is 34.9 Å². The molecule has 9 heteroatoms. The number of anilines is 1. The Morgan fingerprint density at radius 1 is 1.14 bits per heavy atom. The van der Waals surface area contributed by atoms with Gasteiger partial charge in [-0.05, 0) is 48.4 Å². The van der Waals surface area contributed by atoms with Crippen LogP contribution >= 0.6 is 0 Å². The SMILES string of the molecule is COc1ccc(CNC(=O)NC2[C@H]3Oc4ccc(Oc5ccnc6c5CCC(=O)N6)cc4[C@@H]23)cc1. The van der Waals surface area contributed by atoms with Gasteiger partial charge in [-0.15, -0.1) is 0 Å². The number of nitrogens with zero attached hydrogens (tertiary/aromatic N) is 1. The topological polar surface area (TPSA) is 111 Å². The molecule has 35 heavy (non-hydrogen) atoms. The van der Waals surface area contributed by atoms with Gasteiger partial charge in [0.25, 0.3) is 0 Å². The Bertz CT molecular complexity index is 1310. The maximum absolute atomic E-state index is 12.4. The fourth-order valence-corrected chi connectivity index (χ4v) is 4.68. The van der Waals surface area contributed by atoms with Crippen LogP contribution < -0.4 is 30.2 Å². The monoisotopic (exact) mass is 472 g/mol. The first kappa shape index (κ1) is 21.3. The Hall–Kier alpha value is -4.27. The van der Waals surface area contributed by atoms with Gasteiger partial charge in [0.05, 0.1) is 19.1 Å². The van der Waals surface area contributed by atoms with Crippen LogP contribution in [0, 0.1) is 0 Å². The summed E-state index contributed by atoms with van der Waals surface area (Å²) in [5.41, 5.74) is 2.89. The van der Waals surface area contributed by atoms with Crippen molar-refractivity contribution in [2.45, 2.75) is 37.5 Å². The largest absolute Gasteiger partial charge is 0.497 e. The van der Waals surface area contributed by atoms with Gasteiger partial charge < -0.3 is 30.2 Å². The highest BCUT2D eigenvalue weighted by Crippen LogP contribution is 2.54. The molecule has 1 fully saturated rings. The van der Waals surface area contributed by atoms with E-state index in [1.165, 1.54) is 0 Å². The summed E-state index contributed by atoms with van der Waals surface area (Å²) >= 11 is 0. The number of aromatic nitrogens is 1. The molecular formula is C26H24N4O5. The van der Waals surface area contributed by atoms with Crippen LogP contribution in [0.5, 0.6) is 23.0 Å². The molecule has 1 aromatic heterocycles. The second-order valence-electron chi connectivity index (χ2n) is 8.80. The number of fused-ring (bicyclic) bond motifs is 4. The summed E-state index contributed by atoms with van der Waals surface area (Å²) in [5, 5.41) is 8.69. The van der Waals surface area contributed by atoms with E-state index in [1.807, 2.05) is 42.5 Å². The summed E-state index contributed by atoms with van der Waals surface area (Å²) in [7, 11) is 1.62. The van der Waals surface area contributed by atoms with Crippen LogP contribution in [0.3, 0.4) is 0 Å². The number of urea groups is 1. The predicted octanol–water partition coefficient (Wildman–Crippen LogP) is 3.49. The minimum Gasteiger partial charge on any atom is -0.497 e. The van der Waals surface area contributed by atoms with Crippen LogP contribution in [0.1, 0.15) is 29.0 Å². The number of ether oxygens (including phenoxy) is 3. The third-order valence-corrected chi connectivity index (χ3v) is 6.57. The van der Waals surface area contributed by atoms with Gasteiger partial charge in [-0.3, -0.25) is 4.79 Å². The number of hydrogen-bond acceptors (Lipinski definition) is 6. The smallest absolute Gasteiger partial charge is 0.315 e. The first-order valence-electron chi connectivity index (χ1n) is 11.5. The van der Waals surface area contributed by atoms with Crippen molar-refractivity contribution in [2.75, 3.05) is 12.4 Å². The number of pyridine rings is 1. The molecular weight excluding hydrogens is 448 g/mol. The number of methoxy groups -OCH3 is 1. The van der Waals surface area contributed by atoms with E-state index in [0.717, 1.165) is 28.2 Å². The summed E-state index contributed by atoms with van der Waals surface area (Å²) in [6, 6.07) is 14.8. The Balaban J connectivity index is 1.09. The molecule has 6 rings (SSSR count). The number of hydrogen-bond donors (Lipinski definition) is 3. The van der Waals surface area contributed by atoms with E-state index in [9.17, 15) is 9.59 Å². The van der Waals surface area contributed by atoms with E-state index in [1.54, 1.807) is 19.4 Å². The van der Waals surface area contributed by atoms with E-state index >= 15 is 0 Å². The van der Waals surface area contributed by atoms with Crippen LogP contribution in [0.4, 0.5) is 10.6 Å². The van der Waals surface area contributed by atoms with Gasteiger partial charge in [-0.1, -0.05) is 12.1 Å². The zero-order valence-electron chi connectivity index (χ0n) is 19.0. The molecule has 0 radical (unpaired) electrons. The molecule has 0 bridgehead atoms. The highest BCUT2D eigenvalue weighted by molar-refractivity contribution is 5.93. The fourth-order valence-electron chi connectivity index (χ4n) is 4.68. The van der Waals surface area contributed by atoms with E-state index in [4.69, 9.17) is 14.2 Å². The molecule has 2 aromatic carbocycles. The average Bonchev–Trinajstić information content (AvgIpc) is 3.39. The molecule has 0 spiro atoms. The molecule has 3 amide bonds. The minimum atomic E-state index is -0.233. The molecule has 9 nitrogen and oxygen atoms in total. The quantitative estimate of drug-likeness (QED) is 0.507. The number of nitrogens with one attached hydrogen (secondary N) is 3. The van der Waals surface area contributed by atoms with Crippen LogP contribution in [0.25, 0.3) is 0 Å². The minimum absolute atomic E-state index is 0.0387. The molecule has 3 N–H and O–H groups in total. The summed E-state index contributed by atoms with van der Waals surface area (Å²) in [6.45, 7) is 0.421. The molecule has 3 aliphatic rings. The van der Waals surface area contributed by atoms with Crippen LogP contribution in [-0.2, 0) is 17.8 Å². The third-order valence-electron chi connectivity index (χ3n) is 6.57. The van der Waals surface area contributed by atoms with Crippen molar-refractivity contribution >= 4 is 17.8 Å². The third kappa shape index (κ3) is 4.09. The summed E-state index contributed by atoms with van der Waals surface area (Å²) < 4.78 is 17.3. The maximum atomic E-state index is 12.4. The Kier molecular flexibility index (Phi) is 5.17. The average molecular weight is 473 g/mol. The predicted molar refractivity (Wildman–Crippen MR) is 127 cm³/mol. The Morgan fingerprint density at radius 2 is 1.97 bits per heavy atom. The lowest BCUT2D eigenvalue weighted by Gasteiger charge is -2.19. The van der Waals surface area contributed by atoms with Crippen molar-refractivity contribution in [2.24, 2.45) is 0 Å². The van der Waals surface area contributed by atoms with Gasteiger partial charge in [0.15, 0.2) is 0 Å².